The van der Waals surface area contributed by atoms with E-state index in [9.17, 15) is 0 Å². The summed E-state index contributed by atoms with van der Waals surface area (Å²) in [6.45, 7) is 4.48. The zero-order valence-electron chi connectivity index (χ0n) is 13.7. The topological polar surface area (TPSA) is 29.3 Å². The van der Waals surface area contributed by atoms with Crippen LogP contribution in [-0.2, 0) is 0 Å². The van der Waals surface area contributed by atoms with Gasteiger partial charge in [-0.25, -0.2) is 0 Å². The van der Waals surface area contributed by atoms with Gasteiger partial charge >= 0.3 is 0 Å². The number of rotatable bonds is 9. The molecular weight excluding hydrogens is 244 g/mol. The van der Waals surface area contributed by atoms with Crippen molar-refractivity contribution in [3.8, 4) is 0 Å². The summed E-state index contributed by atoms with van der Waals surface area (Å²) >= 11 is 0. The zero-order chi connectivity index (χ0) is 14.2. The summed E-state index contributed by atoms with van der Waals surface area (Å²) in [4.78, 5) is 2.82. The van der Waals surface area contributed by atoms with Crippen molar-refractivity contribution in [1.82, 2.24) is 4.90 Å². The molecule has 2 unspecified atom stereocenters. The Bertz CT molecular complexity index is 248. The SMILES string of the molecule is CCCCCCCC(CN)N1CCCC1C1CCCC1. The Hall–Kier alpha value is -0.0800. The van der Waals surface area contributed by atoms with Crippen molar-refractivity contribution in [3.05, 3.63) is 0 Å². The first kappa shape index (κ1) is 16.3. The number of likely N-dealkylation sites (tertiary alicyclic amines) is 1. The lowest BCUT2D eigenvalue weighted by Gasteiger charge is -2.35. The van der Waals surface area contributed by atoms with Crippen molar-refractivity contribution >= 4 is 0 Å². The fraction of sp³-hybridized carbons (Fsp3) is 1.00. The van der Waals surface area contributed by atoms with Crippen LogP contribution in [0.25, 0.3) is 0 Å². The fourth-order valence-electron chi connectivity index (χ4n) is 4.52. The Morgan fingerprint density at radius 1 is 1.00 bits per heavy atom. The molecule has 1 saturated heterocycles. The normalized spacial score (nSPS) is 26.4. The molecule has 2 heteroatoms. The maximum atomic E-state index is 6.11. The molecule has 0 bridgehead atoms. The molecule has 2 atom stereocenters. The second-order valence-corrected chi connectivity index (χ2v) is 7.08. The summed E-state index contributed by atoms with van der Waals surface area (Å²) in [6, 6.07) is 1.55. The molecule has 0 aromatic heterocycles. The van der Waals surface area contributed by atoms with Gasteiger partial charge in [0.15, 0.2) is 0 Å². The van der Waals surface area contributed by atoms with E-state index in [1.165, 1.54) is 83.6 Å². The molecule has 2 fully saturated rings. The third-order valence-corrected chi connectivity index (χ3v) is 5.67. The average molecular weight is 280 g/mol. The third-order valence-electron chi connectivity index (χ3n) is 5.67. The van der Waals surface area contributed by atoms with Gasteiger partial charge in [-0.2, -0.15) is 0 Å². The van der Waals surface area contributed by atoms with Gasteiger partial charge in [0.05, 0.1) is 0 Å². The van der Waals surface area contributed by atoms with Gasteiger partial charge in [-0.1, -0.05) is 51.9 Å². The average Bonchev–Trinajstić information content (AvgIpc) is 3.12. The summed E-state index contributed by atoms with van der Waals surface area (Å²) in [7, 11) is 0. The molecule has 2 nitrogen and oxygen atoms in total. The summed E-state index contributed by atoms with van der Waals surface area (Å²) in [6.07, 6.45) is 17.1. The lowest BCUT2D eigenvalue weighted by atomic mass is 9.94. The van der Waals surface area contributed by atoms with Crippen LogP contribution in [0.4, 0.5) is 0 Å². The largest absolute Gasteiger partial charge is 0.329 e. The summed E-state index contributed by atoms with van der Waals surface area (Å²) < 4.78 is 0. The third kappa shape index (κ3) is 4.46. The van der Waals surface area contributed by atoms with E-state index in [2.05, 4.69) is 11.8 Å². The van der Waals surface area contributed by atoms with E-state index < -0.39 is 0 Å². The predicted octanol–water partition coefficient (Wildman–Crippen LogP) is 4.33. The van der Waals surface area contributed by atoms with Gasteiger partial charge in [0, 0.05) is 18.6 Å². The molecule has 1 saturated carbocycles. The van der Waals surface area contributed by atoms with Crippen LogP contribution in [0.1, 0.15) is 84.0 Å². The quantitative estimate of drug-likeness (QED) is 0.637. The van der Waals surface area contributed by atoms with Crippen molar-refractivity contribution < 1.29 is 0 Å². The lowest BCUT2D eigenvalue weighted by molar-refractivity contribution is 0.130. The van der Waals surface area contributed by atoms with Crippen molar-refractivity contribution in [2.24, 2.45) is 11.7 Å². The standard InChI is InChI=1S/C18H36N2/c1-2-3-4-5-6-12-17(15-19)20-14-9-13-18(20)16-10-7-8-11-16/h16-18H,2-15,19H2,1H3. The van der Waals surface area contributed by atoms with Crippen LogP contribution in [0.15, 0.2) is 0 Å². The molecule has 1 heterocycles. The van der Waals surface area contributed by atoms with Crippen LogP contribution in [0.3, 0.4) is 0 Å². The van der Waals surface area contributed by atoms with Crippen molar-refractivity contribution in [3.63, 3.8) is 0 Å². The van der Waals surface area contributed by atoms with Crippen LogP contribution >= 0.6 is 0 Å². The van der Waals surface area contributed by atoms with E-state index >= 15 is 0 Å². The van der Waals surface area contributed by atoms with E-state index in [1.54, 1.807) is 0 Å². The second kappa shape index (κ2) is 9.04. The minimum Gasteiger partial charge on any atom is -0.329 e. The van der Waals surface area contributed by atoms with Crippen LogP contribution < -0.4 is 5.73 Å². The Balaban J connectivity index is 1.76. The Morgan fingerprint density at radius 3 is 2.45 bits per heavy atom. The molecule has 0 amide bonds. The smallest absolute Gasteiger partial charge is 0.0221 e. The summed E-state index contributed by atoms with van der Waals surface area (Å²) in [5.74, 6) is 0.992. The Kier molecular flexibility index (Phi) is 7.37. The van der Waals surface area contributed by atoms with Crippen LogP contribution in [0.2, 0.25) is 0 Å². The van der Waals surface area contributed by atoms with Crippen molar-refractivity contribution in [2.45, 2.75) is 96.1 Å². The van der Waals surface area contributed by atoms with E-state index in [-0.39, 0.29) is 0 Å². The van der Waals surface area contributed by atoms with E-state index in [0.29, 0.717) is 6.04 Å². The predicted molar refractivity (Wildman–Crippen MR) is 87.9 cm³/mol. The molecule has 118 valence electrons. The molecule has 20 heavy (non-hydrogen) atoms. The van der Waals surface area contributed by atoms with Crippen LogP contribution in [0, 0.1) is 5.92 Å². The molecule has 0 aromatic carbocycles. The van der Waals surface area contributed by atoms with E-state index in [1.807, 2.05) is 0 Å². The first-order valence-electron chi connectivity index (χ1n) is 9.32. The molecule has 2 rings (SSSR count). The summed E-state index contributed by atoms with van der Waals surface area (Å²) in [5, 5.41) is 0. The first-order valence-corrected chi connectivity index (χ1v) is 9.32. The number of hydrogen-bond acceptors (Lipinski definition) is 2. The highest BCUT2D eigenvalue weighted by molar-refractivity contribution is 4.91. The highest BCUT2D eigenvalue weighted by atomic mass is 15.2. The molecule has 0 spiro atoms. The van der Waals surface area contributed by atoms with Gasteiger partial charge in [0.2, 0.25) is 0 Å². The molecule has 1 aliphatic heterocycles. The lowest BCUT2D eigenvalue weighted by Crippen LogP contribution is -2.46. The number of nitrogens with two attached hydrogens (primary N) is 1. The van der Waals surface area contributed by atoms with Crippen molar-refractivity contribution in [2.75, 3.05) is 13.1 Å². The highest BCUT2D eigenvalue weighted by Crippen LogP contribution is 2.36. The van der Waals surface area contributed by atoms with Gasteiger partial charge in [0.25, 0.3) is 0 Å². The molecule has 0 aromatic rings. The minimum atomic E-state index is 0.671. The van der Waals surface area contributed by atoms with Gasteiger partial charge < -0.3 is 5.73 Å². The fourth-order valence-corrected chi connectivity index (χ4v) is 4.52. The molecule has 2 aliphatic rings. The van der Waals surface area contributed by atoms with Crippen LogP contribution in [0.5, 0.6) is 0 Å². The molecular formula is C18H36N2. The van der Waals surface area contributed by atoms with Gasteiger partial charge in [-0.3, -0.25) is 4.90 Å². The monoisotopic (exact) mass is 280 g/mol. The summed E-state index contributed by atoms with van der Waals surface area (Å²) in [5.41, 5.74) is 6.11. The highest BCUT2D eigenvalue weighted by Gasteiger charge is 2.36. The molecule has 2 N–H and O–H groups in total. The molecule has 0 radical (unpaired) electrons. The number of nitrogens with zero attached hydrogens (tertiary/aromatic N) is 1. The Labute approximate surface area is 126 Å². The van der Waals surface area contributed by atoms with E-state index in [4.69, 9.17) is 5.73 Å². The second-order valence-electron chi connectivity index (χ2n) is 7.08. The Morgan fingerprint density at radius 2 is 1.75 bits per heavy atom. The number of hydrogen-bond donors (Lipinski definition) is 1. The van der Waals surface area contributed by atoms with Crippen LogP contribution in [-0.4, -0.2) is 30.1 Å². The van der Waals surface area contributed by atoms with Crippen molar-refractivity contribution in [1.29, 1.82) is 0 Å². The minimum absolute atomic E-state index is 0.671. The maximum absolute atomic E-state index is 6.11. The first-order chi connectivity index (χ1) is 9.86. The maximum Gasteiger partial charge on any atom is 0.0221 e. The zero-order valence-corrected chi connectivity index (χ0v) is 13.7. The van der Waals surface area contributed by atoms with Gasteiger partial charge in [-0.05, 0) is 44.6 Å². The molecule has 1 aliphatic carbocycles. The number of unbranched alkanes of at least 4 members (excludes halogenated alkanes) is 4. The van der Waals surface area contributed by atoms with E-state index in [0.717, 1.165) is 18.5 Å². The van der Waals surface area contributed by atoms with Gasteiger partial charge in [0.1, 0.15) is 0 Å². The van der Waals surface area contributed by atoms with Gasteiger partial charge in [-0.15, -0.1) is 0 Å².